The van der Waals surface area contributed by atoms with E-state index < -0.39 is 0 Å². The van der Waals surface area contributed by atoms with Gasteiger partial charge in [-0.25, -0.2) is 0 Å². The van der Waals surface area contributed by atoms with Gasteiger partial charge in [0, 0.05) is 11.1 Å². The van der Waals surface area contributed by atoms with E-state index in [0.717, 1.165) is 16.9 Å². The summed E-state index contributed by atoms with van der Waals surface area (Å²) in [5.41, 5.74) is 2.34. The van der Waals surface area contributed by atoms with Crippen molar-refractivity contribution >= 4 is 5.91 Å². The summed E-state index contributed by atoms with van der Waals surface area (Å²) in [6, 6.07) is 12.8. The van der Waals surface area contributed by atoms with Crippen LogP contribution in [0, 0.1) is 5.92 Å². The molecule has 2 heterocycles. The minimum Gasteiger partial charge on any atom is -0.486 e. The third-order valence-corrected chi connectivity index (χ3v) is 4.63. The van der Waals surface area contributed by atoms with Gasteiger partial charge in [0.05, 0.1) is 6.04 Å². The van der Waals surface area contributed by atoms with Gasteiger partial charge in [-0.15, -0.1) is 10.2 Å². The van der Waals surface area contributed by atoms with E-state index in [9.17, 15) is 4.79 Å². The number of fused-ring (bicyclic) bond motifs is 1. The number of ether oxygens (including phenoxy) is 2. The molecule has 1 aromatic heterocycles. The van der Waals surface area contributed by atoms with Crippen molar-refractivity contribution < 1.29 is 14.3 Å². The van der Waals surface area contributed by atoms with Crippen LogP contribution in [-0.4, -0.2) is 39.7 Å². The number of carbonyl (C=O) groups is 1. The fourth-order valence-electron chi connectivity index (χ4n) is 3.17. The Bertz CT molecular complexity index is 954. The van der Waals surface area contributed by atoms with E-state index >= 15 is 0 Å². The molecule has 0 saturated carbocycles. The maximum absolute atomic E-state index is 12.8. The minimum absolute atomic E-state index is 0.145. The summed E-state index contributed by atoms with van der Waals surface area (Å²) >= 11 is 0. The number of benzene rings is 2. The highest BCUT2D eigenvalue weighted by atomic mass is 16.6. The normalized spacial score (nSPS) is 14.0. The zero-order chi connectivity index (χ0) is 19.5. The molecule has 8 heteroatoms. The standard InChI is InChI=1S/C20H21N5O3/c1-12(2)18(15-7-8-16-17(11-15)28-10-9-27-16)21-20(26)14-5-3-13(4-6-14)19-22-24-25-23-19/h3-8,11-12,18H,9-10H2,1-2H3,(H,21,26)(H,22,23,24,25)/t18-/m0/s1. The lowest BCUT2D eigenvalue weighted by Crippen LogP contribution is -2.31. The predicted octanol–water partition coefficient (Wildman–Crippen LogP) is 2.77. The molecular weight excluding hydrogens is 358 g/mol. The lowest BCUT2D eigenvalue weighted by Gasteiger charge is -2.25. The molecule has 1 aliphatic rings. The Labute approximate surface area is 162 Å². The van der Waals surface area contributed by atoms with Crippen LogP contribution in [0.25, 0.3) is 11.4 Å². The lowest BCUT2D eigenvalue weighted by atomic mass is 9.95. The van der Waals surface area contributed by atoms with Crippen LogP contribution in [0.15, 0.2) is 42.5 Å². The highest BCUT2D eigenvalue weighted by Gasteiger charge is 2.22. The molecule has 1 atom stereocenters. The average molecular weight is 379 g/mol. The molecule has 0 bridgehead atoms. The van der Waals surface area contributed by atoms with E-state index in [2.05, 4.69) is 39.8 Å². The van der Waals surface area contributed by atoms with Crippen molar-refractivity contribution in [3.63, 3.8) is 0 Å². The van der Waals surface area contributed by atoms with Crippen LogP contribution in [0.1, 0.15) is 35.8 Å². The van der Waals surface area contributed by atoms with Crippen LogP contribution in [-0.2, 0) is 0 Å². The Morgan fingerprint density at radius 1 is 1.07 bits per heavy atom. The molecule has 1 amide bonds. The second kappa shape index (κ2) is 7.67. The van der Waals surface area contributed by atoms with Gasteiger partial charge < -0.3 is 14.8 Å². The summed E-state index contributed by atoms with van der Waals surface area (Å²) in [5.74, 6) is 2.00. The van der Waals surface area contributed by atoms with Gasteiger partial charge in [0.1, 0.15) is 13.2 Å². The quantitative estimate of drug-likeness (QED) is 0.707. The van der Waals surface area contributed by atoms with Crippen molar-refractivity contribution in [2.45, 2.75) is 19.9 Å². The largest absolute Gasteiger partial charge is 0.486 e. The summed E-state index contributed by atoms with van der Waals surface area (Å²) in [7, 11) is 0. The SMILES string of the molecule is CC(C)[C@H](NC(=O)c1ccc(-c2nn[nH]n2)cc1)c1ccc2c(c1)OCCO2. The first-order valence-electron chi connectivity index (χ1n) is 9.16. The number of nitrogens with one attached hydrogen (secondary N) is 2. The summed E-state index contributed by atoms with van der Waals surface area (Å²) in [6.07, 6.45) is 0. The number of aromatic amines is 1. The van der Waals surface area contributed by atoms with Gasteiger partial charge in [-0.05, 0) is 41.0 Å². The molecule has 144 valence electrons. The summed E-state index contributed by atoms with van der Waals surface area (Å²) in [6.45, 7) is 5.22. The average Bonchev–Trinajstić information content (AvgIpc) is 3.26. The second-order valence-electron chi connectivity index (χ2n) is 6.91. The molecule has 4 rings (SSSR count). The van der Waals surface area contributed by atoms with Gasteiger partial charge in [-0.1, -0.05) is 32.0 Å². The Balaban J connectivity index is 1.52. The van der Waals surface area contributed by atoms with Crippen molar-refractivity contribution in [2.24, 2.45) is 5.92 Å². The predicted molar refractivity (Wildman–Crippen MR) is 102 cm³/mol. The number of carbonyl (C=O) groups excluding carboxylic acids is 1. The Hall–Kier alpha value is -3.42. The number of tetrazole rings is 1. The van der Waals surface area contributed by atoms with Crippen molar-refractivity contribution in [3.8, 4) is 22.9 Å². The van der Waals surface area contributed by atoms with Crippen molar-refractivity contribution in [1.82, 2.24) is 25.9 Å². The maximum Gasteiger partial charge on any atom is 0.251 e. The van der Waals surface area contributed by atoms with Gasteiger partial charge in [-0.2, -0.15) is 5.21 Å². The van der Waals surface area contributed by atoms with Crippen LogP contribution >= 0.6 is 0 Å². The molecule has 1 aliphatic heterocycles. The van der Waals surface area contributed by atoms with Crippen molar-refractivity contribution in [3.05, 3.63) is 53.6 Å². The fourth-order valence-corrected chi connectivity index (χ4v) is 3.17. The maximum atomic E-state index is 12.8. The topological polar surface area (TPSA) is 102 Å². The summed E-state index contributed by atoms with van der Waals surface area (Å²) in [5, 5.41) is 17.0. The Morgan fingerprint density at radius 3 is 2.50 bits per heavy atom. The zero-order valence-corrected chi connectivity index (χ0v) is 15.7. The molecule has 0 radical (unpaired) electrons. The highest BCUT2D eigenvalue weighted by molar-refractivity contribution is 5.94. The molecule has 28 heavy (non-hydrogen) atoms. The van der Waals surface area contributed by atoms with E-state index in [-0.39, 0.29) is 17.9 Å². The molecule has 0 spiro atoms. The smallest absolute Gasteiger partial charge is 0.251 e. The van der Waals surface area contributed by atoms with Gasteiger partial charge in [0.2, 0.25) is 5.82 Å². The van der Waals surface area contributed by atoms with E-state index in [4.69, 9.17) is 9.47 Å². The van der Waals surface area contributed by atoms with Crippen LogP contribution < -0.4 is 14.8 Å². The Kier molecular flexibility index (Phi) is 4.92. The van der Waals surface area contributed by atoms with Gasteiger partial charge >= 0.3 is 0 Å². The van der Waals surface area contributed by atoms with Crippen LogP contribution in [0.4, 0.5) is 0 Å². The Morgan fingerprint density at radius 2 is 1.82 bits per heavy atom. The third kappa shape index (κ3) is 3.66. The molecule has 3 aromatic rings. The van der Waals surface area contributed by atoms with Gasteiger partial charge in [-0.3, -0.25) is 4.79 Å². The van der Waals surface area contributed by atoms with E-state index in [0.29, 0.717) is 30.4 Å². The molecule has 2 N–H and O–H groups in total. The summed E-state index contributed by atoms with van der Waals surface area (Å²) in [4.78, 5) is 12.8. The fraction of sp³-hybridized carbons (Fsp3) is 0.300. The van der Waals surface area contributed by atoms with Gasteiger partial charge in [0.25, 0.3) is 5.91 Å². The minimum atomic E-state index is -0.153. The van der Waals surface area contributed by atoms with Crippen LogP contribution in [0.2, 0.25) is 0 Å². The lowest BCUT2D eigenvalue weighted by molar-refractivity contribution is 0.0925. The highest BCUT2D eigenvalue weighted by Crippen LogP contribution is 2.34. The van der Waals surface area contributed by atoms with E-state index in [1.807, 2.05) is 18.2 Å². The zero-order valence-electron chi connectivity index (χ0n) is 15.7. The first-order valence-corrected chi connectivity index (χ1v) is 9.16. The van der Waals surface area contributed by atoms with Crippen LogP contribution in [0.5, 0.6) is 11.5 Å². The van der Waals surface area contributed by atoms with E-state index in [1.54, 1.807) is 24.3 Å². The first kappa shape index (κ1) is 18.0. The number of amides is 1. The molecule has 0 saturated heterocycles. The molecule has 0 fully saturated rings. The number of nitrogens with zero attached hydrogens (tertiary/aromatic N) is 3. The molecule has 2 aromatic carbocycles. The number of hydrogen-bond donors (Lipinski definition) is 2. The number of H-pyrrole nitrogens is 1. The molecule has 0 unspecified atom stereocenters. The van der Waals surface area contributed by atoms with Crippen LogP contribution in [0.3, 0.4) is 0 Å². The number of rotatable bonds is 5. The number of hydrogen-bond acceptors (Lipinski definition) is 6. The van der Waals surface area contributed by atoms with Crippen molar-refractivity contribution in [2.75, 3.05) is 13.2 Å². The first-order chi connectivity index (χ1) is 13.6. The molecule has 0 aliphatic carbocycles. The molecular formula is C20H21N5O3. The number of aromatic nitrogens is 4. The molecule has 8 nitrogen and oxygen atoms in total. The van der Waals surface area contributed by atoms with Gasteiger partial charge in [0.15, 0.2) is 11.5 Å². The van der Waals surface area contributed by atoms with E-state index in [1.165, 1.54) is 0 Å². The third-order valence-electron chi connectivity index (χ3n) is 4.63. The summed E-state index contributed by atoms with van der Waals surface area (Å²) < 4.78 is 11.3. The second-order valence-corrected chi connectivity index (χ2v) is 6.91. The monoisotopic (exact) mass is 379 g/mol. The van der Waals surface area contributed by atoms with Crippen molar-refractivity contribution in [1.29, 1.82) is 0 Å².